The van der Waals surface area contributed by atoms with Crippen LogP contribution in [0.1, 0.15) is 32.6 Å². The summed E-state index contributed by atoms with van der Waals surface area (Å²) in [6.07, 6.45) is 1.00. The fourth-order valence-electron chi connectivity index (χ4n) is 1.22. The van der Waals surface area contributed by atoms with Gasteiger partial charge in [0.15, 0.2) is 0 Å². The smallest absolute Gasteiger partial charge is 0.113 e. The minimum atomic E-state index is -0.671. The van der Waals surface area contributed by atoms with Crippen LogP contribution in [0.3, 0.4) is 0 Å². The van der Waals surface area contributed by atoms with Gasteiger partial charge in [0.05, 0.1) is 5.69 Å². The van der Waals surface area contributed by atoms with Crippen molar-refractivity contribution in [3.05, 3.63) is 18.0 Å². The van der Waals surface area contributed by atoms with Gasteiger partial charge in [0, 0.05) is 18.3 Å². The summed E-state index contributed by atoms with van der Waals surface area (Å²) in [6.45, 7) is 6.32. The van der Waals surface area contributed by atoms with Crippen LogP contribution in [-0.2, 0) is 6.54 Å². The molecule has 1 aromatic rings. The molecule has 1 rings (SSSR count). The summed E-state index contributed by atoms with van der Waals surface area (Å²) >= 11 is 0. The second-order valence-corrected chi connectivity index (χ2v) is 3.80. The van der Waals surface area contributed by atoms with E-state index in [0.717, 1.165) is 12.2 Å². The fourth-order valence-corrected chi connectivity index (χ4v) is 1.22. The van der Waals surface area contributed by atoms with E-state index in [0.29, 0.717) is 0 Å². The molecule has 3 N–H and O–H groups in total. The number of hydrogen-bond donors (Lipinski definition) is 2. The first-order valence-electron chi connectivity index (χ1n) is 4.45. The minimum absolute atomic E-state index is 0.632. The summed E-state index contributed by atoms with van der Waals surface area (Å²) in [7, 11) is 0. The van der Waals surface area contributed by atoms with Gasteiger partial charge in [0.1, 0.15) is 6.10 Å². The first-order valence-corrected chi connectivity index (χ1v) is 4.45. The second kappa shape index (κ2) is 3.47. The van der Waals surface area contributed by atoms with Gasteiger partial charge in [-0.2, -0.15) is 5.10 Å². The van der Waals surface area contributed by atoms with Crippen molar-refractivity contribution in [1.29, 1.82) is 0 Å². The first-order chi connectivity index (χ1) is 5.96. The normalized spacial score (nSPS) is 14.5. The Morgan fingerprint density at radius 2 is 2.31 bits per heavy atom. The SMILES string of the molecule is CCn1nccc1C(O)C(C)(C)N. The van der Waals surface area contributed by atoms with Crippen molar-refractivity contribution in [2.45, 2.75) is 39.0 Å². The topological polar surface area (TPSA) is 64.1 Å². The predicted octanol–water partition coefficient (Wildman–Crippen LogP) is 0.674. The maximum Gasteiger partial charge on any atom is 0.113 e. The van der Waals surface area contributed by atoms with Crippen LogP contribution in [0.15, 0.2) is 12.3 Å². The van der Waals surface area contributed by atoms with Crippen molar-refractivity contribution < 1.29 is 5.11 Å². The molecule has 0 radical (unpaired) electrons. The zero-order valence-electron chi connectivity index (χ0n) is 8.36. The van der Waals surface area contributed by atoms with Crippen molar-refractivity contribution in [3.63, 3.8) is 0 Å². The summed E-state index contributed by atoms with van der Waals surface area (Å²) in [4.78, 5) is 0. The van der Waals surface area contributed by atoms with Gasteiger partial charge in [-0.05, 0) is 26.8 Å². The zero-order chi connectivity index (χ0) is 10.1. The number of aliphatic hydroxyl groups excluding tert-OH is 1. The van der Waals surface area contributed by atoms with E-state index in [1.807, 2.05) is 6.92 Å². The quantitative estimate of drug-likeness (QED) is 0.724. The third-order valence-electron chi connectivity index (χ3n) is 2.03. The molecular formula is C9H17N3O. The van der Waals surface area contributed by atoms with E-state index in [-0.39, 0.29) is 0 Å². The van der Waals surface area contributed by atoms with Gasteiger partial charge in [-0.15, -0.1) is 0 Å². The van der Waals surface area contributed by atoms with E-state index in [4.69, 9.17) is 5.73 Å². The first kappa shape index (κ1) is 10.2. The Labute approximate surface area is 78.4 Å². The number of aliphatic hydroxyl groups is 1. The number of nitrogens with two attached hydrogens (primary N) is 1. The highest BCUT2D eigenvalue weighted by molar-refractivity contribution is 5.09. The number of aromatic nitrogens is 2. The molecule has 0 amide bonds. The van der Waals surface area contributed by atoms with Gasteiger partial charge in [0.2, 0.25) is 0 Å². The van der Waals surface area contributed by atoms with Gasteiger partial charge in [-0.25, -0.2) is 0 Å². The standard InChI is InChI=1S/C9H17N3O/c1-4-12-7(5-6-11-12)8(13)9(2,3)10/h5-6,8,13H,4,10H2,1-3H3. The van der Waals surface area contributed by atoms with Gasteiger partial charge in [-0.3, -0.25) is 4.68 Å². The zero-order valence-corrected chi connectivity index (χ0v) is 8.36. The number of aryl methyl sites for hydroxylation is 1. The van der Waals surface area contributed by atoms with E-state index in [1.165, 1.54) is 0 Å². The Hall–Kier alpha value is -0.870. The molecule has 1 aromatic heterocycles. The van der Waals surface area contributed by atoms with Crippen LogP contribution in [0.2, 0.25) is 0 Å². The van der Waals surface area contributed by atoms with E-state index >= 15 is 0 Å². The molecule has 0 bridgehead atoms. The monoisotopic (exact) mass is 183 g/mol. The van der Waals surface area contributed by atoms with E-state index in [9.17, 15) is 5.11 Å². The van der Waals surface area contributed by atoms with E-state index in [2.05, 4.69) is 5.10 Å². The molecule has 4 nitrogen and oxygen atoms in total. The fraction of sp³-hybridized carbons (Fsp3) is 0.667. The second-order valence-electron chi connectivity index (χ2n) is 3.80. The lowest BCUT2D eigenvalue weighted by atomic mass is 9.96. The number of rotatable bonds is 3. The highest BCUT2D eigenvalue weighted by Gasteiger charge is 2.26. The lowest BCUT2D eigenvalue weighted by Crippen LogP contribution is -2.40. The van der Waals surface area contributed by atoms with Crippen molar-refractivity contribution in [1.82, 2.24) is 9.78 Å². The van der Waals surface area contributed by atoms with Crippen LogP contribution >= 0.6 is 0 Å². The molecule has 0 fully saturated rings. The summed E-state index contributed by atoms with van der Waals surface area (Å²) in [5.74, 6) is 0. The summed E-state index contributed by atoms with van der Waals surface area (Å²) in [5, 5.41) is 13.9. The molecule has 0 aliphatic heterocycles. The Kier molecular flexibility index (Phi) is 2.73. The lowest BCUT2D eigenvalue weighted by Gasteiger charge is -2.26. The van der Waals surface area contributed by atoms with Crippen LogP contribution < -0.4 is 5.73 Å². The van der Waals surface area contributed by atoms with Crippen LogP contribution in [0, 0.1) is 0 Å². The maximum absolute atomic E-state index is 9.87. The average molecular weight is 183 g/mol. The molecule has 0 spiro atoms. The molecule has 4 heteroatoms. The molecule has 0 saturated carbocycles. The average Bonchev–Trinajstić information content (AvgIpc) is 2.48. The van der Waals surface area contributed by atoms with Gasteiger partial charge in [-0.1, -0.05) is 0 Å². The molecular weight excluding hydrogens is 166 g/mol. The lowest BCUT2D eigenvalue weighted by molar-refractivity contribution is 0.0955. The summed E-state index contributed by atoms with van der Waals surface area (Å²) in [6, 6.07) is 1.79. The molecule has 1 unspecified atom stereocenters. The molecule has 13 heavy (non-hydrogen) atoms. The highest BCUT2D eigenvalue weighted by atomic mass is 16.3. The number of hydrogen-bond acceptors (Lipinski definition) is 3. The minimum Gasteiger partial charge on any atom is -0.385 e. The van der Waals surface area contributed by atoms with Gasteiger partial charge in [0.25, 0.3) is 0 Å². The van der Waals surface area contributed by atoms with E-state index < -0.39 is 11.6 Å². The third-order valence-corrected chi connectivity index (χ3v) is 2.03. The largest absolute Gasteiger partial charge is 0.385 e. The molecule has 0 saturated heterocycles. The van der Waals surface area contributed by atoms with Crippen LogP contribution in [0.5, 0.6) is 0 Å². The van der Waals surface area contributed by atoms with Crippen LogP contribution in [-0.4, -0.2) is 20.4 Å². The molecule has 1 atom stereocenters. The summed E-state index contributed by atoms with van der Waals surface area (Å²) in [5.41, 5.74) is 5.94. The molecule has 1 heterocycles. The summed E-state index contributed by atoms with van der Waals surface area (Å²) < 4.78 is 1.75. The maximum atomic E-state index is 9.87. The molecule has 74 valence electrons. The Morgan fingerprint density at radius 3 is 2.77 bits per heavy atom. The molecule has 0 aromatic carbocycles. The Bertz CT molecular complexity index is 275. The van der Waals surface area contributed by atoms with Crippen molar-refractivity contribution in [2.24, 2.45) is 5.73 Å². The third kappa shape index (κ3) is 2.08. The van der Waals surface area contributed by atoms with Crippen LogP contribution in [0.4, 0.5) is 0 Å². The Morgan fingerprint density at radius 1 is 1.69 bits per heavy atom. The predicted molar refractivity (Wildman–Crippen MR) is 51.1 cm³/mol. The van der Waals surface area contributed by atoms with Crippen LogP contribution in [0.25, 0.3) is 0 Å². The van der Waals surface area contributed by atoms with E-state index in [1.54, 1.807) is 30.8 Å². The van der Waals surface area contributed by atoms with Crippen molar-refractivity contribution in [3.8, 4) is 0 Å². The van der Waals surface area contributed by atoms with Crippen molar-refractivity contribution in [2.75, 3.05) is 0 Å². The molecule has 0 aliphatic rings. The molecule has 0 aliphatic carbocycles. The Balaban J connectivity index is 2.94. The van der Waals surface area contributed by atoms with Gasteiger partial charge < -0.3 is 10.8 Å². The highest BCUT2D eigenvalue weighted by Crippen LogP contribution is 2.22. The van der Waals surface area contributed by atoms with Crippen molar-refractivity contribution >= 4 is 0 Å². The number of nitrogens with zero attached hydrogens (tertiary/aromatic N) is 2. The van der Waals surface area contributed by atoms with Gasteiger partial charge >= 0.3 is 0 Å².